The molecule has 0 aliphatic carbocycles. The molecule has 0 atom stereocenters. The molecular weight excluding hydrogens is 248 g/mol. The first kappa shape index (κ1) is 9.14. The van der Waals surface area contributed by atoms with Crippen LogP contribution in [0.1, 0.15) is 10.5 Å². The highest BCUT2D eigenvalue weighted by molar-refractivity contribution is 9.10. The van der Waals surface area contributed by atoms with Gasteiger partial charge in [0, 0.05) is 19.4 Å². The molecule has 2 aromatic rings. The largest absolute Gasteiger partial charge is 0.296 e. The van der Waals surface area contributed by atoms with Crippen LogP contribution in [0.3, 0.4) is 0 Å². The van der Waals surface area contributed by atoms with Crippen LogP contribution in [0.5, 0.6) is 0 Å². The van der Waals surface area contributed by atoms with Crippen molar-refractivity contribution in [1.29, 1.82) is 0 Å². The Kier molecular flexibility index (Phi) is 2.20. The summed E-state index contributed by atoms with van der Waals surface area (Å²) in [5, 5.41) is 7.80. The van der Waals surface area contributed by atoms with Crippen molar-refractivity contribution in [2.75, 3.05) is 0 Å². The summed E-state index contributed by atoms with van der Waals surface area (Å²) in [6, 6.07) is 1.65. The van der Waals surface area contributed by atoms with Crippen LogP contribution in [0.25, 0.3) is 0 Å². The zero-order chi connectivity index (χ0) is 10.1. The molecule has 0 saturated carbocycles. The maximum Gasteiger partial charge on any atom is 0.296 e. The van der Waals surface area contributed by atoms with E-state index in [1.54, 1.807) is 31.7 Å². The van der Waals surface area contributed by atoms with Crippen LogP contribution in [0, 0.1) is 0 Å². The zero-order valence-electron chi connectivity index (χ0n) is 7.38. The number of rotatable bonds is 1. The molecule has 0 radical (unpaired) electrons. The predicted molar refractivity (Wildman–Crippen MR) is 52.9 cm³/mol. The first-order valence-corrected chi connectivity index (χ1v) is 4.70. The first-order chi connectivity index (χ1) is 6.68. The van der Waals surface area contributed by atoms with Crippen molar-refractivity contribution in [2.24, 2.45) is 7.05 Å². The van der Waals surface area contributed by atoms with Gasteiger partial charge in [-0.1, -0.05) is 0 Å². The van der Waals surface area contributed by atoms with Crippen LogP contribution in [-0.2, 0) is 7.05 Å². The molecule has 2 heterocycles. The van der Waals surface area contributed by atoms with Crippen molar-refractivity contribution >= 4 is 21.8 Å². The zero-order valence-corrected chi connectivity index (χ0v) is 8.97. The van der Waals surface area contributed by atoms with Crippen molar-refractivity contribution in [1.82, 2.24) is 19.6 Å². The molecule has 6 heteroatoms. The minimum absolute atomic E-state index is 0.198. The number of carbonyl (C=O) groups excluding carboxylic acids is 1. The molecule has 5 nitrogen and oxygen atoms in total. The molecule has 2 aromatic heterocycles. The van der Waals surface area contributed by atoms with Crippen molar-refractivity contribution in [3.05, 3.63) is 34.8 Å². The van der Waals surface area contributed by atoms with E-state index in [4.69, 9.17) is 0 Å². The third-order valence-corrected chi connectivity index (χ3v) is 2.21. The van der Waals surface area contributed by atoms with Crippen LogP contribution < -0.4 is 0 Å². The third kappa shape index (κ3) is 1.48. The Morgan fingerprint density at radius 1 is 1.50 bits per heavy atom. The summed E-state index contributed by atoms with van der Waals surface area (Å²) in [6.45, 7) is 0. The molecule has 2 rings (SSSR count). The van der Waals surface area contributed by atoms with E-state index in [9.17, 15) is 4.79 Å². The fraction of sp³-hybridized carbons (Fsp3) is 0.125. The highest BCUT2D eigenvalue weighted by Gasteiger charge is 2.12. The lowest BCUT2D eigenvalue weighted by molar-refractivity contribution is 0.0935. The summed E-state index contributed by atoms with van der Waals surface area (Å²) in [5.41, 5.74) is 0.501. The van der Waals surface area contributed by atoms with Crippen LogP contribution in [-0.4, -0.2) is 25.5 Å². The number of carbonyl (C=O) groups is 1. The lowest BCUT2D eigenvalue weighted by Crippen LogP contribution is -2.16. The molecule has 0 spiro atoms. The van der Waals surface area contributed by atoms with Gasteiger partial charge in [0.25, 0.3) is 5.91 Å². The third-order valence-electron chi connectivity index (χ3n) is 1.80. The molecule has 0 aliphatic heterocycles. The summed E-state index contributed by atoms with van der Waals surface area (Å²) >= 11 is 3.22. The Hall–Kier alpha value is -1.43. The van der Waals surface area contributed by atoms with E-state index < -0.39 is 0 Å². The Morgan fingerprint density at radius 2 is 2.29 bits per heavy atom. The second kappa shape index (κ2) is 3.38. The average Bonchev–Trinajstić information content (AvgIpc) is 2.73. The number of nitrogens with zero attached hydrogens (tertiary/aromatic N) is 4. The van der Waals surface area contributed by atoms with Gasteiger partial charge in [-0.2, -0.15) is 10.2 Å². The van der Waals surface area contributed by atoms with E-state index in [0.29, 0.717) is 5.69 Å². The number of aromatic nitrogens is 4. The lowest BCUT2D eigenvalue weighted by Gasteiger charge is -1.99. The minimum Gasteiger partial charge on any atom is -0.265 e. The average molecular weight is 255 g/mol. The molecule has 0 aromatic carbocycles. The van der Waals surface area contributed by atoms with Crippen LogP contribution in [0.15, 0.2) is 29.1 Å². The Balaban J connectivity index is 2.38. The SMILES string of the molecule is Cn1nccc1C(=O)n1cc(Br)cn1. The molecule has 14 heavy (non-hydrogen) atoms. The highest BCUT2D eigenvalue weighted by atomic mass is 79.9. The van der Waals surface area contributed by atoms with Crippen LogP contribution in [0.2, 0.25) is 0 Å². The quantitative estimate of drug-likeness (QED) is 0.765. The van der Waals surface area contributed by atoms with Crippen molar-refractivity contribution in [3.63, 3.8) is 0 Å². The minimum atomic E-state index is -0.198. The van der Waals surface area contributed by atoms with E-state index in [0.717, 1.165) is 4.47 Å². The summed E-state index contributed by atoms with van der Waals surface area (Å²) in [7, 11) is 1.71. The number of hydrogen-bond donors (Lipinski definition) is 0. The second-order valence-electron chi connectivity index (χ2n) is 2.75. The second-order valence-corrected chi connectivity index (χ2v) is 3.66. The lowest BCUT2D eigenvalue weighted by atomic mass is 10.4. The summed E-state index contributed by atoms with van der Waals surface area (Å²) in [5.74, 6) is -0.198. The van der Waals surface area contributed by atoms with Crippen molar-refractivity contribution in [3.8, 4) is 0 Å². The monoisotopic (exact) mass is 254 g/mol. The Bertz CT molecular complexity index is 473. The summed E-state index contributed by atoms with van der Waals surface area (Å²) in [4.78, 5) is 11.8. The van der Waals surface area contributed by atoms with Gasteiger partial charge in [-0.25, -0.2) is 4.68 Å². The van der Waals surface area contributed by atoms with Gasteiger partial charge in [-0.15, -0.1) is 0 Å². The topological polar surface area (TPSA) is 52.7 Å². The van der Waals surface area contributed by atoms with E-state index in [-0.39, 0.29) is 5.91 Å². The van der Waals surface area contributed by atoms with E-state index in [1.807, 2.05) is 0 Å². The van der Waals surface area contributed by atoms with Gasteiger partial charge in [0.15, 0.2) is 0 Å². The van der Waals surface area contributed by atoms with Gasteiger partial charge in [-0.3, -0.25) is 9.48 Å². The standard InChI is InChI=1S/C8H7BrN4O/c1-12-7(2-3-10-12)8(14)13-5-6(9)4-11-13/h2-5H,1H3. The van der Waals surface area contributed by atoms with Gasteiger partial charge in [-0.05, 0) is 22.0 Å². The fourth-order valence-electron chi connectivity index (χ4n) is 1.11. The first-order valence-electron chi connectivity index (χ1n) is 3.91. The normalized spacial score (nSPS) is 10.4. The van der Waals surface area contributed by atoms with Gasteiger partial charge in [0.2, 0.25) is 0 Å². The number of halogens is 1. The van der Waals surface area contributed by atoms with Crippen molar-refractivity contribution in [2.45, 2.75) is 0 Å². The summed E-state index contributed by atoms with van der Waals surface area (Å²) in [6.07, 6.45) is 4.75. The molecule has 0 N–H and O–H groups in total. The molecule has 0 aliphatic rings. The Labute approximate surface area is 88.5 Å². The van der Waals surface area contributed by atoms with Gasteiger partial charge < -0.3 is 0 Å². The van der Waals surface area contributed by atoms with Crippen molar-refractivity contribution < 1.29 is 4.79 Å². The van der Waals surface area contributed by atoms with Crippen LogP contribution in [0.4, 0.5) is 0 Å². The molecular formula is C8H7BrN4O. The predicted octanol–water partition coefficient (Wildman–Crippen LogP) is 1.07. The molecule has 0 unspecified atom stereocenters. The van der Waals surface area contributed by atoms with E-state index >= 15 is 0 Å². The van der Waals surface area contributed by atoms with Gasteiger partial charge >= 0.3 is 0 Å². The number of hydrogen-bond acceptors (Lipinski definition) is 3. The molecule has 0 saturated heterocycles. The molecule has 0 fully saturated rings. The Morgan fingerprint density at radius 3 is 2.79 bits per heavy atom. The van der Waals surface area contributed by atoms with E-state index in [2.05, 4.69) is 26.1 Å². The van der Waals surface area contributed by atoms with Gasteiger partial charge in [0.1, 0.15) is 5.69 Å². The van der Waals surface area contributed by atoms with Crippen LogP contribution >= 0.6 is 15.9 Å². The molecule has 72 valence electrons. The smallest absolute Gasteiger partial charge is 0.265 e. The van der Waals surface area contributed by atoms with Gasteiger partial charge in [0.05, 0.1) is 10.7 Å². The summed E-state index contributed by atoms with van der Waals surface area (Å²) < 4.78 is 3.55. The highest BCUT2D eigenvalue weighted by Crippen LogP contribution is 2.08. The fourth-order valence-corrected chi connectivity index (χ4v) is 1.40. The maximum atomic E-state index is 11.8. The maximum absolute atomic E-state index is 11.8. The van der Waals surface area contributed by atoms with E-state index in [1.165, 1.54) is 9.36 Å². The molecule has 0 amide bonds. The number of aryl methyl sites for hydroxylation is 1. The molecule has 0 bridgehead atoms.